The van der Waals surface area contributed by atoms with Gasteiger partial charge in [-0.1, -0.05) is 72.8 Å². The maximum absolute atomic E-state index is 2.36. The Kier molecular flexibility index (Phi) is 9.62. The largest absolute Gasteiger partial charge is 0.0602 e. The van der Waals surface area contributed by atoms with Gasteiger partial charge in [0.15, 0.2) is 0 Å². The van der Waals surface area contributed by atoms with Gasteiger partial charge >= 0.3 is 203 Å². The summed E-state index contributed by atoms with van der Waals surface area (Å²) in [5.41, 5.74) is 12.4. The number of rotatable bonds is 10. The van der Waals surface area contributed by atoms with Crippen molar-refractivity contribution in [1.29, 1.82) is 0 Å². The van der Waals surface area contributed by atoms with Crippen molar-refractivity contribution in [1.82, 2.24) is 0 Å². The second-order valence-corrected chi connectivity index (χ2v) is 16.4. The van der Waals surface area contributed by atoms with Gasteiger partial charge in [0.25, 0.3) is 0 Å². The molecule has 10 aromatic rings. The van der Waals surface area contributed by atoms with Crippen LogP contribution >= 0.6 is 0 Å². The van der Waals surface area contributed by atoms with Crippen LogP contribution in [0.2, 0.25) is 0 Å². The number of para-hydroxylation sites is 4. The Morgan fingerprint density at radius 1 is 0.241 bits per heavy atom. The van der Waals surface area contributed by atoms with Gasteiger partial charge in [0.2, 0.25) is 0 Å². The molecule has 4 heteroatoms. The maximum Gasteiger partial charge on any atom is -0.0380 e. The third kappa shape index (κ3) is 6.86. The van der Waals surface area contributed by atoms with Gasteiger partial charge in [-0.05, 0) is 48.5 Å². The van der Waals surface area contributed by atoms with Crippen molar-refractivity contribution < 1.29 is 0 Å². The van der Waals surface area contributed by atoms with Gasteiger partial charge in [-0.3, -0.25) is 0 Å². The molecule has 9 aromatic carbocycles. The summed E-state index contributed by atoms with van der Waals surface area (Å²) in [5.74, 6) is 0. The zero-order chi connectivity index (χ0) is 38.7. The number of hydrogen-bond acceptors (Lipinski definition) is 3. The van der Waals surface area contributed by atoms with Gasteiger partial charge < -0.3 is 0 Å². The van der Waals surface area contributed by atoms with E-state index in [1.807, 2.05) is 0 Å². The predicted molar refractivity (Wildman–Crippen MR) is 248 cm³/mol. The Morgan fingerprint density at radius 3 is 0.948 bits per heavy atom. The van der Waals surface area contributed by atoms with Crippen LogP contribution in [0.4, 0.5) is 51.2 Å². The minimum Gasteiger partial charge on any atom is -0.0602 e. The fraction of sp³-hybridized carbons (Fsp3) is 0. The van der Waals surface area contributed by atoms with Crippen LogP contribution in [0, 0.1) is 0 Å². The normalized spacial score (nSPS) is 11.1. The molecule has 0 amide bonds. The average Bonchev–Trinajstić information content (AvgIpc) is 3.69. The molecular formula is C54H39N3Se. The molecule has 0 radical (unpaired) electrons. The first-order valence-corrected chi connectivity index (χ1v) is 21.3. The smallest absolute Gasteiger partial charge is 0.0380 e. The van der Waals surface area contributed by atoms with E-state index in [4.69, 9.17) is 0 Å². The zero-order valence-electron chi connectivity index (χ0n) is 31.8. The van der Waals surface area contributed by atoms with Crippen LogP contribution in [0.25, 0.3) is 30.4 Å². The zero-order valence-corrected chi connectivity index (χ0v) is 33.5. The van der Waals surface area contributed by atoms with E-state index in [-0.39, 0.29) is 14.5 Å². The first-order chi connectivity index (χ1) is 28.8. The van der Waals surface area contributed by atoms with Crippen LogP contribution < -0.4 is 14.7 Å². The summed E-state index contributed by atoms with van der Waals surface area (Å²) < 4.78 is 2.93. The molecule has 10 rings (SSSR count). The van der Waals surface area contributed by atoms with Crippen LogP contribution in [-0.2, 0) is 0 Å². The third-order valence-electron chi connectivity index (χ3n) is 10.6. The van der Waals surface area contributed by atoms with Crippen molar-refractivity contribution in [2.75, 3.05) is 14.7 Å². The third-order valence-corrected chi connectivity index (χ3v) is 13.2. The maximum atomic E-state index is 2.36. The average molecular weight is 809 g/mol. The molecular weight excluding hydrogens is 770 g/mol. The monoisotopic (exact) mass is 809 g/mol. The summed E-state index contributed by atoms with van der Waals surface area (Å²) in [7, 11) is 0. The molecule has 0 bridgehead atoms. The molecule has 1 heterocycles. The molecule has 0 fully saturated rings. The van der Waals surface area contributed by atoms with Gasteiger partial charge in [-0.15, -0.1) is 0 Å². The molecule has 58 heavy (non-hydrogen) atoms. The summed E-state index contributed by atoms with van der Waals surface area (Å²) >= 11 is 0.275. The molecule has 0 saturated heterocycles. The molecule has 0 aliphatic carbocycles. The second-order valence-electron chi connectivity index (χ2n) is 14.2. The van der Waals surface area contributed by atoms with Crippen molar-refractivity contribution in [3.8, 4) is 11.1 Å². The Bertz CT molecular complexity index is 2710. The van der Waals surface area contributed by atoms with Crippen LogP contribution in [0.5, 0.6) is 0 Å². The molecule has 0 spiro atoms. The van der Waals surface area contributed by atoms with Gasteiger partial charge in [0.05, 0.1) is 0 Å². The molecule has 0 unspecified atom stereocenters. The Balaban J connectivity index is 1.06. The van der Waals surface area contributed by atoms with Crippen molar-refractivity contribution >= 4 is 85.0 Å². The quantitative estimate of drug-likeness (QED) is 0.127. The van der Waals surface area contributed by atoms with E-state index >= 15 is 0 Å². The van der Waals surface area contributed by atoms with Crippen molar-refractivity contribution in [3.05, 3.63) is 237 Å². The standard InChI is InChI=1S/C54H39N3Se/c1-5-16-41(17-6-1)55(42-18-7-2-8-19-42)46-32-36-48(37-33-46)57(49-38-34-47(35-39-49)56(43-20-9-3-10-21-43)44-22-11-4-12-23-44)45-30-28-40(29-31-45)50-25-15-26-52-51-24-13-14-27-53(51)58-54(50)52/h1-39H. The van der Waals surface area contributed by atoms with Crippen molar-refractivity contribution in [2.24, 2.45) is 0 Å². The predicted octanol–water partition coefficient (Wildman–Crippen LogP) is 15.1. The fourth-order valence-corrected chi connectivity index (χ4v) is 10.5. The van der Waals surface area contributed by atoms with Gasteiger partial charge in [0.1, 0.15) is 0 Å². The van der Waals surface area contributed by atoms with E-state index in [2.05, 4.69) is 251 Å². The second kappa shape index (κ2) is 15.8. The van der Waals surface area contributed by atoms with E-state index < -0.39 is 0 Å². The van der Waals surface area contributed by atoms with Crippen LogP contribution in [0.3, 0.4) is 0 Å². The number of benzene rings is 9. The topological polar surface area (TPSA) is 9.72 Å². The summed E-state index contributed by atoms with van der Waals surface area (Å²) in [5, 5.41) is 2.75. The molecule has 0 aliphatic rings. The first kappa shape index (κ1) is 35.3. The van der Waals surface area contributed by atoms with Crippen LogP contribution in [0.15, 0.2) is 237 Å². The summed E-state index contributed by atoms with van der Waals surface area (Å²) in [6.07, 6.45) is 0. The Morgan fingerprint density at radius 2 is 0.552 bits per heavy atom. The minimum atomic E-state index is 0.275. The number of nitrogens with zero attached hydrogens (tertiary/aromatic N) is 3. The van der Waals surface area contributed by atoms with E-state index in [1.54, 1.807) is 0 Å². The summed E-state index contributed by atoms with van der Waals surface area (Å²) in [4.78, 5) is 6.96. The van der Waals surface area contributed by atoms with E-state index in [0.717, 1.165) is 51.2 Å². The molecule has 1 aromatic heterocycles. The van der Waals surface area contributed by atoms with Crippen LogP contribution in [-0.4, -0.2) is 14.5 Å². The molecule has 3 nitrogen and oxygen atoms in total. The molecule has 276 valence electrons. The van der Waals surface area contributed by atoms with Crippen molar-refractivity contribution in [2.45, 2.75) is 0 Å². The number of fused-ring (bicyclic) bond motifs is 3. The molecule has 0 N–H and O–H groups in total. The summed E-state index contributed by atoms with van der Waals surface area (Å²) in [6, 6.07) is 84.9. The van der Waals surface area contributed by atoms with E-state index in [9.17, 15) is 0 Å². The van der Waals surface area contributed by atoms with Gasteiger partial charge in [0, 0.05) is 22.7 Å². The Labute approximate surface area is 345 Å². The van der Waals surface area contributed by atoms with Gasteiger partial charge in [-0.2, -0.15) is 0 Å². The Hall–Kier alpha value is -7.10. The first-order valence-electron chi connectivity index (χ1n) is 19.6. The fourth-order valence-electron chi connectivity index (χ4n) is 7.92. The van der Waals surface area contributed by atoms with E-state index in [0.29, 0.717) is 0 Å². The molecule has 0 saturated carbocycles. The number of anilines is 9. The van der Waals surface area contributed by atoms with E-state index in [1.165, 1.54) is 30.4 Å². The van der Waals surface area contributed by atoms with Crippen LogP contribution in [0.1, 0.15) is 0 Å². The number of hydrogen-bond donors (Lipinski definition) is 0. The van der Waals surface area contributed by atoms with Gasteiger partial charge in [-0.25, -0.2) is 0 Å². The summed E-state index contributed by atoms with van der Waals surface area (Å²) in [6.45, 7) is 0. The van der Waals surface area contributed by atoms with Crippen molar-refractivity contribution in [3.63, 3.8) is 0 Å². The molecule has 0 aliphatic heterocycles. The SMILES string of the molecule is c1ccc(N(c2ccccc2)c2ccc(N(c3ccc(-c4cccc5c4[se]c4ccccc45)cc3)c3ccc(N(c4ccccc4)c4ccccc4)cc3)cc2)cc1. The minimum absolute atomic E-state index is 0.275. The molecule has 0 atom stereocenters.